The van der Waals surface area contributed by atoms with Crippen LogP contribution in [0.4, 0.5) is 0 Å². The van der Waals surface area contributed by atoms with Gasteiger partial charge in [0.15, 0.2) is 5.96 Å². The van der Waals surface area contributed by atoms with E-state index in [-0.39, 0.29) is 34.8 Å². The van der Waals surface area contributed by atoms with Gasteiger partial charge in [0.2, 0.25) is 0 Å². The molecule has 2 rings (SSSR count). The zero-order valence-electron chi connectivity index (χ0n) is 17.6. The molecule has 1 saturated heterocycles. The fourth-order valence-corrected chi connectivity index (χ4v) is 4.76. The summed E-state index contributed by atoms with van der Waals surface area (Å²) in [5.74, 6) is 1.36. The van der Waals surface area contributed by atoms with Crippen LogP contribution in [0.3, 0.4) is 0 Å². The summed E-state index contributed by atoms with van der Waals surface area (Å²) < 4.78 is 17.7. The molecular weight excluding hydrogens is 507 g/mol. The monoisotopic (exact) mass is 542 g/mol. The van der Waals surface area contributed by atoms with Gasteiger partial charge in [-0.05, 0) is 39.1 Å². The Labute approximate surface area is 193 Å². The summed E-state index contributed by atoms with van der Waals surface area (Å²) in [6.07, 6.45) is 0.256. The summed E-state index contributed by atoms with van der Waals surface area (Å²) in [6.45, 7) is 12.2. The third kappa shape index (κ3) is 8.25. The van der Waals surface area contributed by atoms with Crippen LogP contribution in [-0.2, 0) is 15.5 Å². The molecule has 2 N–H and O–H groups in total. The van der Waals surface area contributed by atoms with E-state index in [0.717, 1.165) is 32.2 Å². The molecule has 28 heavy (non-hydrogen) atoms. The average molecular weight is 543 g/mol. The van der Waals surface area contributed by atoms with E-state index in [4.69, 9.17) is 4.74 Å². The van der Waals surface area contributed by atoms with Crippen LogP contribution in [0.25, 0.3) is 0 Å². The predicted octanol–water partition coefficient (Wildman–Crippen LogP) is 2.84. The number of rotatable bonds is 7. The number of guanidine groups is 1. The Bertz CT molecular complexity index is 620. The number of nitrogens with zero attached hydrogens (tertiary/aromatic N) is 2. The van der Waals surface area contributed by atoms with Crippen LogP contribution < -0.4 is 10.6 Å². The summed E-state index contributed by atoms with van der Waals surface area (Å²) in [6, 6.07) is 4.59. The summed E-state index contributed by atoms with van der Waals surface area (Å²) >= 11 is 1.79. The molecule has 3 unspecified atom stereocenters. The van der Waals surface area contributed by atoms with Gasteiger partial charge in [0.1, 0.15) is 0 Å². The number of hydrogen-bond acceptors (Lipinski definition) is 5. The Hall–Kier alpha value is -0.230. The fourth-order valence-electron chi connectivity index (χ4n) is 3.00. The second-order valence-electron chi connectivity index (χ2n) is 7.75. The minimum atomic E-state index is -0.866. The first kappa shape index (κ1) is 25.8. The molecule has 0 amide bonds. The average Bonchev–Trinajstić information content (AvgIpc) is 3.13. The maximum absolute atomic E-state index is 12.2. The van der Waals surface area contributed by atoms with E-state index in [1.54, 1.807) is 18.4 Å². The molecule has 1 aliphatic heterocycles. The van der Waals surface area contributed by atoms with E-state index in [1.165, 1.54) is 4.88 Å². The quantitative estimate of drug-likeness (QED) is 0.315. The summed E-state index contributed by atoms with van der Waals surface area (Å²) in [7, 11) is 0.904. The Morgan fingerprint density at radius 1 is 1.46 bits per heavy atom. The van der Waals surface area contributed by atoms with Gasteiger partial charge in [-0.1, -0.05) is 6.07 Å². The van der Waals surface area contributed by atoms with Crippen molar-refractivity contribution < 1.29 is 8.95 Å². The number of morpholine rings is 1. The molecule has 6 nitrogen and oxygen atoms in total. The molecule has 0 aliphatic carbocycles. The highest BCUT2D eigenvalue weighted by atomic mass is 127. The van der Waals surface area contributed by atoms with Gasteiger partial charge in [-0.15, -0.1) is 35.3 Å². The molecule has 0 saturated carbocycles. The van der Waals surface area contributed by atoms with Gasteiger partial charge in [0.25, 0.3) is 0 Å². The van der Waals surface area contributed by atoms with E-state index in [0.29, 0.717) is 18.3 Å². The summed E-state index contributed by atoms with van der Waals surface area (Å²) in [4.78, 5) is 8.15. The van der Waals surface area contributed by atoms with Crippen LogP contribution in [0, 0.1) is 0 Å². The third-order valence-electron chi connectivity index (χ3n) is 4.53. The van der Waals surface area contributed by atoms with Gasteiger partial charge in [-0.3, -0.25) is 14.1 Å². The van der Waals surface area contributed by atoms with Crippen LogP contribution in [0.15, 0.2) is 22.5 Å². The molecule has 1 fully saturated rings. The van der Waals surface area contributed by atoms with E-state index in [1.807, 2.05) is 20.8 Å². The van der Waals surface area contributed by atoms with Crippen molar-refractivity contribution in [2.24, 2.45) is 4.99 Å². The van der Waals surface area contributed by atoms with Crippen molar-refractivity contribution >= 4 is 52.1 Å². The van der Waals surface area contributed by atoms with Crippen molar-refractivity contribution in [3.63, 3.8) is 0 Å². The topological polar surface area (TPSA) is 66.0 Å². The number of ether oxygens (including phenoxy) is 1. The lowest BCUT2D eigenvalue weighted by Gasteiger charge is -2.37. The highest BCUT2D eigenvalue weighted by Crippen LogP contribution is 2.26. The SMILES string of the molecule is CN=C(NCCS(=O)C(C)(C)C)NCC(c1cccs1)N1CCOC(C)C1.I. The molecular formula is C19H35IN4O2S2. The van der Waals surface area contributed by atoms with Crippen molar-refractivity contribution in [2.45, 2.75) is 44.6 Å². The highest BCUT2D eigenvalue weighted by Gasteiger charge is 2.26. The normalized spacial score (nSPS) is 20.9. The largest absolute Gasteiger partial charge is 0.376 e. The summed E-state index contributed by atoms with van der Waals surface area (Å²) in [5.41, 5.74) is 0. The van der Waals surface area contributed by atoms with Crippen molar-refractivity contribution in [3.05, 3.63) is 22.4 Å². The number of thiophene rings is 1. The molecule has 0 spiro atoms. The van der Waals surface area contributed by atoms with E-state index >= 15 is 0 Å². The van der Waals surface area contributed by atoms with Crippen molar-refractivity contribution in [3.8, 4) is 0 Å². The van der Waals surface area contributed by atoms with Crippen LogP contribution in [0.5, 0.6) is 0 Å². The van der Waals surface area contributed by atoms with E-state index in [2.05, 4.69) is 45.0 Å². The maximum Gasteiger partial charge on any atom is 0.191 e. The van der Waals surface area contributed by atoms with Gasteiger partial charge < -0.3 is 15.4 Å². The van der Waals surface area contributed by atoms with Crippen LogP contribution in [0.2, 0.25) is 0 Å². The second-order valence-corrected chi connectivity index (χ2v) is 11.1. The molecule has 9 heteroatoms. The van der Waals surface area contributed by atoms with Gasteiger partial charge >= 0.3 is 0 Å². The Balaban J connectivity index is 0.00000392. The third-order valence-corrected chi connectivity index (χ3v) is 7.45. The first-order valence-corrected chi connectivity index (χ1v) is 11.7. The van der Waals surface area contributed by atoms with Crippen LogP contribution >= 0.6 is 35.3 Å². The molecule has 2 heterocycles. The molecule has 0 bridgehead atoms. The van der Waals surface area contributed by atoms with E-state index < -0.39 is 10.8 Å². The van der Waals surface area contributed by atoms with Gasteiger partial charge in [-0.2, -0.15) is 0 Å². The lowest BCUT2D eigenvalue weighted by molar-refractivity contribution is -0.0334. The van der Waals surface area contributed by atoms with Gasteiger partial charge in [-0.25, -0.2) is 0 Å². The smallest absolute Gasteiger partial charge is 0.191 e. The molecule has 1 aromatic heterocycles. The number of hydrogen-bond donors (Lipinski definition) is 2. The minimum absolute atomic E-state index is 0. The Kier molecular flexibility index (Phi) is 11.5. The fraction of sp³-hybridized carbons (Fsp3) is 0.737. The Morgan fingerprint density at radius 3 is 2.79 bits per heavy atom. The maximum atomic E-state index is 12.2. The minimum Gasteiger partial charge on any atom is -0.376 e. The predicted molar refractivity (Wildman–Crippen MR) is 132 cm³/mol. The molecule has 3 atom stereocenters. The number of halogens is 1. The van der Waals surface area contributed by atoms with Crippen molar-refractivity contribution in [1.29, 1.82) is 0 Å². The summed E-state index contributed by atoms with van der Waals surface area (Å²) in [5, 5.41) is 8.86. The lowest BCUT2D eigenvalue weighted by atomic mass is 10.1. The van der Waals surface area contributed by atoms with Gasteiger partial charge in [0.05, 0.1) is 18.8 Å². The zero-order valence-corrected chi connectivity index (χ0v) is 21.5. The number of aliphatic imine (C=N–C) groups is 1. The molecule has 1 aliphatic rings. The highest BCUT2D eigenvalue weighted by molar-refractivity contribution is 14.0. The lowest BCUT2D eigenvalue weighted by Crippen LogP contribution is -2.48. The molecule has 0 aromatic carbocycles. The second kappa shape index (κ2) is 12.5. The molecule has 0 radical (unpaired) electrons. The number of nitrogens with one attached hydrogen (secondary N) is 2. The first-order chi connectivity index (χ1) is 12.8. The van der Waals surface area contributed by atoms with Gasteiger partial charge in [0, 0.05) is 59.4 Å². The van der Waals surface area contributed by atoms with Crippen LogP contribution in [0.1, 0.15) is 38.6 Å². The standard InChI is InChI=1S/C19H34N4O2S2.HI/c1-15-14-23(9-10-25-15)16(17-7-6-11-26-17)13-22-18(20-5)21-8-12-27(24)19(2,3)4;/h6-7,11,15-16H,8-10,12-14H2,1-5H3,(H2,20,21,22);1H. The molecule has 1 aromatic rings. The zero-order chi connectivity index (χ0) is 19.9. The van der Waals surface area contributed by atoms with E-state index in [9.17, 15) is 4.21 Å². The molecule has 162 valence electrons. The van der Waals surface area contributed by atoms with Crippen molar-refractivity contribution in [2.75, 3.05) is 45.6 Å². The first-order valence-electron chi connectivity index (χ1n) is 9.53. The Morgan fingerprint density at radius 2 is 2.21 bits per heavy atom. The van der Waals surface area contributed by atoms with Crippen molar-refractivity contribution in [1.82, 2.24) is 15.5 Å². The van der Waals surface area contributed by atoms with Crippen LogP contribution in [-0.4, -0.2) is 71.5 Å².